The van der Waals surface area contributed by atoms with E-state index in [4.69, 9.17) is 9.84 Å². The number of aromatic nitrogens is 2. The Morgan fingerprint density at radius 1 is 0.818 bits per heavy atom. The van der Waals surface area contributed by atoms with Gasteiger partial charge in [-0.1, -0.05) is 18.2 Å². The first-order valence-corrected chi connectivity index (χ1v) is 7.06. The van der Waals surface area contributed by atoms with Gasteiger partial charge in [-0.15, -0.1) is 0 Å². The monoisotopic (exact) mass is 292 g/mol. The summed E-state index contributed by atoms with van der Waals surface area (Å²) in [5, 5.41) is 8.83. The lowest BCUT2D eigenvalue weighted by Gasteiger charge is -2.08. The number of hydrogen-bond acceptors (Lipinski definition) is 4. The van der Waals surface area contributed by atoms with Gasteiger partial charge in [0.15, 0.2) is 0 Å². The fourth-order valence-corrected chi connectivity index (χ4v) is 2.24. The molecule has 0 bridgehead atoms. The van der Waals surface area contributed by atoms with E-state index >= 15 is 0 Å². The summed E-state index contributed by atoms with van der Waals surface area (Å²) in [5.74, 6) is 0.654. The van der Waals surface area contributed by atoms with Crippen LogP contribution < -0.4 is 4.74 Å². The third-order valence-electron chi connectivity index (χ3n) is 3.28. The topological polar surface area (TPSA) is 55.2 Å². The summed E-state index contributed by atoms with van der Waals surface area (Å²) < 4.78 is 5.41. The molecule has 4 nitrogen and oxygen atoms in total. The first-order valence-electron chi connectivity index (χ1n) is 7.06. The summed E-state index contributed by atoms with van der Waals surface area (Å²) in [7, 11) is 0. The van der Waals surface area contributed by atoms with Crippen molar-refractivity contribution in [3.05, 3.63) is 67.3 Å². The highest BCUT2D eigenvalue weighted by Crippen LogP contribution is 2.27. The number of aliphatic hydroxyl groups is 1. The van der Waals surface area contributed by atoms with Crippen LogP contribution in [0, 0.1) is 0 Å². The summed E-state index contributed by atoms with van der Waals surface area (Å²) in [6.45, 7) is 0.254. The molecule has 0 saturated heterocycles. The molecule has 0 saturated carbocycles. The number of benzene rings is 1. The van der Waals surface area contributed by atoms with Crippen molar-refractivity contribution in [1.82, 2.24) is 9.97 Å². The Kier molecular flexibility index (Phi) is 4.41. The van der Waals surface area contributed by atoms with Gasteiger partial charge in [0.2, 0.25) is 0 Å². The van der Waals surface area contributed by atoms with Crippen LogP contribution >= 0.6 is 0 Å². The molecule has 3 rings (SSSR count). The summed E-state index contributed by atoms with van der Waals surface area (Å²) in [6, 6.07) is 14.1. The minimum absolute atomic E-state index is 0.0121. The molecule has 4 heteroatoms. The lowest BCUT2D eigenvalue weighted by molar-refractivity contribution is 0.201. The fourth-order valence-electron chi connectivity index (χ4n) is 2.24. The quantitative estimate of drug-likeness (QED) is 0.784. The maximum atomic E-state index is 8.83. The number of nitrogens with zero attached hydrogens (tertiary/aromatic N) is 2. The summed E-state index contributed by atoms with van der Waals surface area (Å²) in [6.07, 6.45) is 7.02. The molecule has 0 atom stereocenters. The molecule has 0 spiro atoms. The smallest absolute Gasteiger partial charge is 0.138 e. The molecule has 0 amide bonds. The zero-order valence-electron chi connectivity index (χ0n) is 12.0. The van der Waals surface area contributed by atoms with Gasteiger partial charge in [0.1, 0.15) is 12.4 Å². The van der Waals surface area contributed by atoms with Gasteiger partial charge >= 0.3 is 0 Å². The van der Waals surface area contributed by atoms with E-state index in [1.165, 1.54) is 0 Å². The van der Waals surface area contributed by atoms with E-state index < -0.39 is 0 Å². The van der Waals surface area contributed by atoms with E-state index in [9.17, 15) is 0 Å². The molecular weight excluding hydrogens is 276 g/mol. The Balaban J connectivity index is 1.92. The molecule has 0 aliphatic rings. The van der Waals surface area contributed by atoms with Gasteiger partial charge in [0.05, 0.1) is 12.8 Å². The molecule has 0 unspecified atom stereocenters. The maximum absolute atomic E-state index is 8.83. The van der Waals surface area contributed by atoms with Gasteiger partial charge < -0.3 is 9.84 Å². The predicted molar refractivity (Wildman–Crippen MR) is 85.5 cm³/mol. The summed E-state index contributed by atoms with van der Waals surface area (Å²) in [4.78, 5) is 8.24. The Morgan fingerprint density at radius 2 is 1.59 bits per heavy atom. The van der Waals surface area contributed by atoms with Crippen LogP contribution in [-0.2, 0) is 0 Å². The minimum atomic E-state index is -0.0121. The molecule has 1 aromatic carbocycles. The Bertz CT molecular complexity index is 745. The molecule has 1 N–H and O–H groups in total. The van der Waals surface area contributed by atoms with E-state index in [-0.39, 0.29) is 13.2 Å². The van der Waals surface area contributed by atoms with Crippen LogP contribution in [0.4, 0.5) is 0 Å². The second-order valence-corrected chi connectivity index (χ2v) is 4.80. The molecule has 0 aliphatic heterocycles. The molecule has 0 aliphatic carbocycles. The van der Waals surface area contributed by atoms with Crippen molar-refractivity contribution in [3.8, 4) is 28.0 Å². The van der Waals surface area contributed by atoms with Crippen molar-refractivity contribution < 1.29 is 9.84 Å². The van der Waals surface area contributed by atoms with E-state index in [0.717, 1.165) is 22.3 Å². The highest BCUT2D eigenvalue weighted by molar-refractivity contribution is 5.72. The van der Waals surface area contributed by atoms with Crippen LogP contribution in [0.1, 0.15) is 0 Å². The number of pyridine rings is 2. The van der Waals surface area contributed by atoms with Crippen molar-refractivity contribution in [2.24, 2.45) is 0 Å². The SMILES string of the molecule is OCCOc1cncc(-c2cccc(-c3ccncc3)c2)c1. The van der Waals surface area contributed by atoms with Crippen LogP contribution in [-0.4, -0.2) is 28.3 Å². The van der Waals surface area contributed by atoms with Gasteiger partial charge in [-0.05, 0) is 41.0 Å². The second-order valence-electron chi connectivity index (χ2n) is 4.80. The molecule has 2 aromatic heterocycles. The van der Waals surface area contributed by atoms with Crippen molar-refractivity contribution in [2.45, 2.75) is 0 Å². The van der Waals surface area contributed by atoms with Gasteiger partial charge in [-0.2, -0.15) is 0 Å². The maximum Gasteiger partial charge on any atom is 0.138 e. The summed E-state index contributed by atoms with van der Waals surface area (Å²) in [5.41, 5.74) is 4.29. The van der Waals surface area contributed by atoms with Gasteiger partial charge in [-0.3, -0.25) is 9.97 Å². The molecule has 0 radical (unpaired) electrons. The predicted octanol–water partition coefficient (Wildman–Crippen LogP) is 3.18. The molecule has 2 heterocycles. The van der Waals surface area contributed by atoms with Gasteiger partial charge in [0, 0.05) is 24.2 Å². The van der Waals surface area contributed by atoms with E-state index in [1.54, 1.807) is 24.8 Å². The normalized spacial score (nSPS) is 10.4. The standard InChI is InChI=1S/C18H16N2O2/c21-8-9-22-18-11-17(12-20-13-18)16-3-1-2-15(10-16)14-4-6-19-7-5-14/h1-7,10-13,21H,8-9H2. The van der Waals surface area contributed by atoms with Crippen LogP contribution in [0.3, 0.4) is 0 Å². The second kappa shape index (κ2) is 6.83. The first-order chi connectivity index (χ1) is 10.9. The highest BCUT2D eigenvalue weighted by atomic mass is 16.5. The fraction of sp³-hybridized carbons (Fsp3) is 0.111. The van der Waals surface area contributed by atoms with E-state index in [0.29, 0.717) is 5.75 Å². The lowest BCUT2D eigenvalue weighted by atomic mass is 10.0. The molecule has 22 heavy (non-hydrogen) atoms. The van der Waals surface area contributed by atoms with Crippen LogP contribution in [0.25, 0.3) is 22.3 Å². The first kappa shape index (κ1) is 14.2. The van der Waals surface area contributed by atoms with Crippen LogP contribution in [0.5, 0.6) is 5.75 Å². The highest BCUT2D eigenvalue weighted by Gasteiger charge is 2.04. The number of hydrogen-bond donors (Lipinski definition) is 1. The molecule has 110 valence electrons. The largest absolute Gasteiger partial charge is 0.490 e. The zero-order chi connectivity index (χ0) is 15.2. The Hall–Kier alpha value is -2.72. The van der Waals surface area contributed by atoms with E-state index in [2.05, 4.69) is 22.1 Å². The van der Waals surface area contributed by atoms with Crippen molar-refractivity contribution in [2.75, 3.05) is 13.2 Å². The number of rotatable bonds is 5. The minimum Gasteiger partial charge on any atom is -0.490 e. The third kappa shape index (κ3) is 3.30. The molecular formula is C18H16N2O2. The Morgan fingerprint density at radius 3 is 2.36 bits per heavy atom. The average molecular weight is 292 g/mol. The van der Waals surface area contributed by atoms with Crippen molar-refractivity contribution in [3.63, 3.8) is 0 Å². The zero-order valence-corrected chi connectivity index (χ0v) is 12.0. The van der Waals surface area contributed by atoms with Gasteiger partial charge in [-0.25, -0.2) is 0 Å². The number of aliphatic hydroxyl groups excluding tert-OH is 1. The number of ether oxygens (including phenoxy) is 1. The van der Waals surface area contributed by atoms with E-state index in [1.807, 2.05) is 30.3 Å². The van der Waals surface area contributed by atoms with Crippen LogP contribution in [0.15, 0.2) is 67.3 Å². The van der Waals surface area contributed by atoms with Crippen molar-refractivity contribution >= 4 is 0 Å². The third-order valence-corrected chi connectivity index (χ3v) is 3.28. The van der Waals surface area contributed by atoms with Gasteiger partial charge in [0.25, 0.3) is 0 Å². The molecule has 3 aromatic rings. The molecule has 0 fully saturated rings. The van der Waals surface area contributed by atoms with Crippen molar-refractivity contribution in [1.29, 1.82) is 0 Å². The summed E-state index contributed by atoms with van der Waals surface area (Å²) >= 11 is 0. The lowest BCUT2D eigenvalue weighted by Crippen LogP contribution is -2.01. The Labute approximate surface area is 129 Å². The van der Waals surface area contributed by atoms with Crippen LogP contribution in [0.2, 0.25) is 0 Å². The average Bonchev–Trinajstić information content (AvgIpc) is 2.61.